The third kappa shape index (κ3) is 2.93. The SMILES string of the molecule is CCNCc1ccc(-c2ccc(C)cc2)n(C)c1=O. The Morgan fingerprint density at radius 2 is 1.79 bits per heavy atom. The second kappa shape index (κ2) is 5.85. The number of rotatable bonds is 4. The molecule has 0 aliphatic heterocycles. The monoisotopic (exact) mass is 256 g/mol. The van der Waals surface area contributed by atoms with Crippen LogP contribution in [0, 0.1) is 6.92 Å². The zero-order chi connectivity index (χ0) is 13.8. The van der Waals surface area contributed by atoms with E-state index in [-0.39, 0.29) is 5.56 Å². The van der Waals surface area contributed by atoms with Crippen molar-refractivity contribution < 1.29 is 0 Å². The van der Waals surface area contributed by atoms with Gasteiger partial charge in [0.05, 0.1) is 5.69 Å². The number of nitrogens with zero attached hydrogens (tertiary/aromatic N) is 1. The second-order valence-corrected chi connectivity index (χ2v) is 4.75. The van der Waals surface area contributed by atoms with Gasteiger partial charge in [0.1, 0.15) is 0 Å². The van der Waals surface area contributed by atoms with E-state index in [1.165, 1.54) is 5.56 Å². The lowest BCUT2D eigenvalue weighted by Gasteiger charge is -2.11. The molecule has 0 aliphatic carbocycles. The van der Waals surface area contributed by atoms with E-state index in [0.29, 0.717) is 6.54 Å². The van der Waals surface area contributed by atoms with Gasteiger partial charge in [0.2, 0.25) is 0 Å². The van der Waals surface area contributed by atoms with Gasteiger partial charge in [-0.15, -0.1) is 0 Å². The molecule has 2 aromatic rings. The number of aromatic nitrogens is 1. The van der Waals surface area contributed by atoms with Crippen molar-refractivity contribution in [2.75, 3.05) is 6.54 Å². The number of hydrogen-bond donors (Lipinski definition) is 1. The standard InChI is InChI=1S/C16H20N2O/c1-4-17-11-14-9-10-15(18(3)16(14)19)13-7-5-12(2)6-8-13/h5-10,17H,4,11H2,1-3H3. The van der Waals surface area contributed by atoms with Crippen LogP contribution >= 0.6 is 0 Å². The molecular formula is C16H20N2O. The van der Waals surface area contributed by atoms with Gasteiger partial charge in [0, 0.05) is 19.2 Å². The molecule has 0 saturated carbocycles. The second-order valence-electron chi connectivity index (χ2n) is 4.75. The van der Waals surface area contributed by atoms with Crippen LogP contribution in [0.4, 0.5) is 0 Å². The fraction of sp³-hybridized carbons (Fsp3) is 0.312. The van der Waals surface area contributed by atoms with Crippen molar-refractivity contribution in [2.24, 2.45) is 7.05 Å². The number of aryl methyl sites for hydroxylation is 1. The first-order chi connectivity index (χ1) is 9.13. The van der Waals surface area contributed by atoms with Crippen LogP contribution < -0.4 is 10.9 Å². The number of nitrogens with one attached hydrogen (secondary N) is 1. The van der Waals surface area contributed by atoms with Crippen molar-refractivity contribution in [2.45, 2.75) is 20.4 Å². The Hall–Kier alpha value is -1.87. The van der Waals surface area contributed by atoms with Crippen molar-refractivity contribution in [3.63, 3.8) is 0 Å². The minimum absolute atomic E-state index is 0.0685. The Balaban J connectivity index is 2.41. The number of hydrogen-bond acceptors (Lipinski definition) is 2. The van der Waals surface area contributed by atoms with E-state index in [9.17, 15) is 4.79 Å². The first-order valence-electron chi connectivity index (χ1n) is 6.60. The summed E-state index contributed by atoms with van der Waals surface area (Å²) in [4.78, 5) is 12.3. The van der Waals surface area contributed by atoms with Gasteiger partial charge in [0.25, 0.3) is 5.56 Å². The molecule has 3 nitrogen and oxygen atoms in total. The van der Waals surface area contributed by atoms with E-state index in [2.05, 4.69) is 24.4 Å². The lowest BCUT2D eigenvalue weighted by Crippen LogP contribution is -2.26. The molecule has 0 bridgehead atoms. The topological polar surface area (TPSA) is 34.0 Å². The van der Waals surface area contributed by atoms with E-state index in [1.54, 1.807) is 4.57 Å². The van der Waals surface area contributed by atoms with Crippen LogP contribution in [-0.2, 0) is 13.6 Å². The Morgan fingerprint density at radius 3 is 2.42 bits per heavy atom. The molecule has 1 aromatic carbocycles. The molecule has 0 unspecified atom stereocenters. The lowest BCUT2D eigenvalue weighted by molar-refractivity contribution is 0.708. The molecule has 2 rings (SSSR count). The summed E-state index contributed by atoms with van der Waals surface area (Å²) in [6, 6.07) is 12.2. The van der Waals surface area contributed by atoms with Crippen LogP contribution in [0.25, 0.3) is 11.3 Å². The van der Waals surface area contributed by atoms with Crippen LogP contribution in [0.3, 0.4) is 0 Å². The molecule has 3 heteroatoms. The summed E-state index contributed by atoms with van der Waals surface area (Å²) in [6.45, 7) is 5.58. The van der Waals surface area contributed by atoms with Gasteiger partial charge in [-0.2, -0.15) is 0 Å². The molecule has 100 valence electrons. The van der Waals surface area contributed by atoms with Gasteiger partial charge in [0.15, 0.2) is 0 Å². The van der Waals surface area contributed by atoms with Gasteiger partial charge in [-0.25, -0.2) is 0 Å². The molecule has 0 aliphatic rings. The average Bonchev–Trinajstić information content (AvgIpc) is 2.42. The normalized spacial score (nSPS) is 10.7. The molecule has 1 N–H and O–H groups in total. The summed E-state index contributed by atoms with van der Waals surface area (Å²) in [5, 5.41) is 3.19. The highest BCUT2D eigenvalue weighted by Crippen LogP contribution is 2.18. The predicted octanol–water partition coefficient (Wildman–Crippen LogP) is 2.47. The average molecular weight is 256 g/mol. The molecule has 0 radical (unpaired) electrons. The summed E-state index contributed by atoms with van der Waals surface area (Å²) < 4.78 is 1.72. The minimum atomic E-state index is 0.0685. The highest BCUT2D eigenvalue weighted by atomic mass is 16.1. The Morgan fingerprint density at radius 1 is 1.11 bits per heavy atom. The molecule has 19 heavy (non-hydrogen) atoms. The van der Waals surface area contributed by atoms with Gasteiger partial charge in [-0.1, -0.05) is 42.8 Å². The maximum Gasteiger partial charge on any atom is 0.255 e. The summed E-state index contributed by atoms with van der Waals surface area (Å²) in [5.41, 5.74) is 4.11. The zero-order valence-corrected chi connectivity index (χ0v) is 11.7. The zero-order valence-electron chi connectivity index (χ0n) is 11.7. The van der Waals surface area contributed by atoms with Crippen molar-refractivity contribution >= 4 is 0 Å². The largest absolute Gasteiger partial charge is 0.313 e. The molecular weight excluding hydrogens is 236 g/mol. The number of pyridine rings is 1. The van der Waals surface area contributed by atoms with Crippen LogP contribution in [0.15, 0.2) is 41.2 Å². The third-order valence-electron chi connectivity index (χ3n) is 3.30. The fourth-order valence-corrected chi connectivity index (χ4v) is 2.10. The van der Waals surface area contributed by atoms with E-state index in [0.717, 1.165) is 23.4 Å². The molecule has 1 heterocycles. The summed E-state index contributed by atoms with van der Waals surface area (Å²) in [6.07, 6.45) is 0. The predicted molar refractivity (Wildman–Crippen MR) is 79.2 cm³/mol. The quantitative estimate of drug-likeness (QED) is 0.912. The van der Waals surface area contributed by atoms with Gasteiger partial charge >= 0.3 is 0 Å². The first kappa shape index (κ1) is 13.6. The van der Waals surface area contributed by atoms with Crippen molar-refractivity contribution in [3.05, 3.63) is 57.9 Å². The van der Waals surface area contributed by atoms with E-state index >= 15 is 0 Å². The van der Waals surface area contributed by atoms with E-state index in [1.807, 2.05) is 38.2 Å². The van der Waals surface area contributed by atoms with E-state index in [4.69, 9.17) is 0 Å². The maximum atomic E-state index is 12.3. The molecule has 0 saturated heterocycles. The van der Waals surface area contributed by atoms with Crippen molar-refractivity contribution in [3.8, 4) is 11.3 Å². The first-order valence-corrected chi connectivity index (χ1v) is 6.60. The Labute approximate surface area is 113 Å². The molecule has 1 aromatic heterocycles. The number of benzene rings is 1. The highest BCUT2D eigenvalue weighted by molar-refractivity contribution is 5.60. The van der Waals surface area contributed by atoms with Crippen molar-refractivity contribution in [1.82, 2.24) is 9.88 Å². The van der Waals surface area contributed by atoms with Gasteiger partial charge in [-0.05, 0) is 25.1 Å². The summed E-state index contributed by atoms with van der Waals surface area (Å²) in [7, 11) is 1.83. The molecule has 0 spiro atoms. The molecule has 0 amide bonds. The van der Waals surface area contributed by atoms with Gasteiger partial charge < -0.3 is 9.88 Å². The summed E-state index contributed by atoms with van der Waals surface area (Å²) >= 11 is 0. The van der Waals surface area contributed by atoms with Crippen LogP contribution in [0.2, 0.25) is 0 Å². The Kier molecular flexibility index (Phi) is 4.17. The van der Waals surface area contributed by atoms with Crippen LogP contribution in [-0.4, -0.2) is 11.1 Å². The van der Waals surface area contributed by atoms with Crippen LogP contribution in [0.5, 0.6) is 0 Å². The Bertz CT molecular complexity index is 612. The maximum absolute atomic E-state index is 12.3. The van der Waals surface area contributed by atoms with E-state index < -0.39 is 0 Å². The fourth-order valence-electron chi connectivity index (χ4n) is 2.10. The summed E-state index contributed by atoms with van der Waals surface area (Å²) in [5.74, 6) is 0. The smallest absolute Gasteiger partial charge is 0.255 e. The highest BCUT2D eigenvalue weighted by Gasteiger charge is 2.07. The lowest BCUT2D eigenvalue weighted by atomic mass is 10.1. The molecule has 0 fully saturated rings. The van der Waals surface area contributed by atoms with Crippen molar-refractivity contribution in [1.29, 1.82) is 0 Å². The minimum Gasteiger partial charge on any atom is -0.313 e. The van der Waals surface area contributed by atoms with Gasteiger partial charge in [-0.3, -0.25) is 4.79 Å². The third-order valence-corrected chi connectivity index (χ3v) is 3.30. The van der Waals surface area contributed by atoms with Crippen LogP contribution in [0.1, 0.15) is 18.1 Å². The molecule has 0 atom stereocenters.